The number of fused-ring (bicyclic) bond motifs is 1. The van der Waals surface area contributed by atoms with Crippen LogP contribution in [0, 0.1) is 0 Å². The van der Waals surface area contributed by atoms with Crippen LogP contribution in [0.1, 0.15) is 26.2 Å². The van der Waals surface area contributed by atoms with Crippen LogP contribution in [0.15, 0.2) is 0 Å². The van der Waals surface area contributed by atoms with Crippen molar-refractivity contribution in [3.8, 4) is 0 Å². The second-order valence-corrected chi connectivity index (χ2v) is 5.18. The first-order chi connectivity index (χ1) is 6.20. The van der Waals surface area contributed by atoms with Crippen molar-refractivity contribution in [1.29, 1.82) is 0 Å². The van der Waals surface area contributed by atoms with Gasteiger partial charge in [-0.2, -0.15) is 0 Å². The Morgan fingerprint density at radius 3 is 3.00 bits per heavy atom. The van der Waals surface area contributed by atoms with Gasteiger partial charge in [-0.15, -0.1) is 11.8 Å². The molecule has 2 rings (SSSR count). The van der Waals surface area contributed by atoms with Gasteiger partial charge in [-0.1, -0.05) is 0 Å². The quantitative estimate of drug-likeness (QED) is 0.629. The van der Waals surface area contributed by atoms with Crippen molar-refractivity contribution in [2.75, 3.05) is 5.75 Å². The highest BCUT2D eigenvalue weighted by Gasteiger charge is 2.38. The van der Waals surface area contributed by atoms with Crippen molar-refractivity contribution in [3.05, 3.63) is 0 Å². The van der Waals surface area contributed by atoms with Gasteiger partial charge in [0.15, 0.2) is 0 Å². The zero-order valence-electron chi connectivity index (χ0n) is 7.90. The van der Waals surface area contributed by atoms with Gasteiger partial charge in [0, 0.05) is 6.04 Å². The Morgan fingerprint density at radius 2 is 2.23 bits per heavy atom. The fraction of sp³-hybridized carbons (Fsp3) is 0.889. The molecule has 3 nitrogen and oxygen atoms in total. The largest absolute Gasteiger partial charge is 0.327 e. The molecule has 0 aliphatic carbocycles. The van der Waals surface area contributed by atoms with E-state index >= 15 is 0 Å². The molecule has 1 amide bonds. The van der Waals surface area contributed by atoms with Gasteiger partial charge in [-0.3, -0.25) is 4.79 Å². The predicted octanol–water partition coefficient (Wildman–Crippen LogP) is 0.788. The monoisotopic (exact) mass is 200 g/mol. The standard InChI is InChI=1S/C9H16N2OS/c1-6-2-3-8-11(6)9(12)7(10)4-5-13-8/h6-8H,2-5,10H2,1H3. The zero-order valence-corrected chi connectivity index (χ0v) is 8.72. The summed E-state index contributed by atoms with van der Waals surface area (Å²) in [7, 11) is 0. The number of thioether (sulfide) groups is 1. The molecule has 0 aromatic rings. The fourth-order valence-corrected chi connectivity index (χ4v) is 3.55. The fourth-order valence-electron chi connectivity index (χ4n) is 2.11. The molecule has 2 N–H and O–H groups in total. The van der Waals surface area contributed by atoms with Crippen LogP contribution in [-0.2, 0) is 4.79 Å². The van der Waals surface area contributed by atoms with Gasteiger partial charge in [-0.05, 0) is 31.9 Å². The lowest BCUT2D eigenvalue weighted by Gasteiger charge is -2.27. The maximum atomic E-state index is 11.8. The SMILES string of the molecule is CC1CCC2SCCC(N)C(=O)N12. The normalized spacial score (nSPS) is 40.3. The third-order valence-corrected chi connectivity index (χ3v) is 4.25. The molecule has 2 aliphatic heterocycles. The number of nitrogens with two attached hydrogens (primary N) is 1. The first-order valence-corrected chi connectivity index (χ1v) is 5.94. The van der Waals surface area contributed by atoms with Crippen LogP contribution in [-0.4, -0.2) is 34.0 Å². The van der Waals surface area contributed by atoms with E-state index in [4.69, 9.17) is 5.73 Å². The topological polar surface area (TPSA) is 46.3 Å². The number of carbonyl (C=O) groups excluding carboxylic acids is 1. The van der Waals surface area contributed by atoms with E-state index in [9.17, 15) is 4.79 Å². The minimum Gasteiger partial charge on any atom is -0.327 e. The molecule has 2 heterocycles. The lowest BCUT2D eigenvalue weighted by Crippen LogP contribution is -2.46. The van der Waals surface area contributed by atoms with Crippen molar-refractivity contribution in [2.24, 2.45) is 5.73 Å². The van der Waals surface area contributed by atoms with Gasteiger partial charge in [-0.25, -0.2) is 0 Å². The van der Waals surface area contributed by atoms with Crippen molar-refractivity contribution in [1.82, 2.24) is 4.90 Å². The molecular weight excluding hydrogens is 184 g/mol. The Morgan fingerprint density at radius 1 is 1.46 bits per heavy atom. The summed E-state index contributed by atoms with van der Waals surface area (Å²) < 4.78 is 0. The van der Waals surface area contributed by atoms with Crippen molar-refractivity contribution < 1.29 is 4.79 Å². The highest BCUT2D eigenvalue weighted by molar-refractivity contribution is 7.99. The van der Waals surface area contributed by atoms with Gasteiger partial charge in [0.05, 0.1) is 11.4 Å². The summed E-state index contributed by atoms with van der Waals surface area (Å²) in [5.41, 5.74) is 5.79. The molecule has 13 heavy (non-hydrogen) atoms. The van der Waals surface area contributed by atoms with Crippen LogP contribution in [0.3, 0.4) is 0 Å². The van der Waals surface area contributed by atoms with E-state index in [2.05, 4.69) is 6.92 Å². The van der Waals surface area contributed by atoms with Crippen molar-refractivity contribution in [3.63, 3.8) is 0 Å². The molecule has 0 aromatic heterocycles. The minimum atomic E-state index is -0.252. The lowest BCUT2D eigenvalue weighted by atomic mass is 10.2. The van der Waals surface area contributed by atoms with Crippen LogP contribution in [0.25, 0.3) is 0 Å². The van der Waals surface area contributed by atoms with E-state index in [0.29, 0.717) is 11.4 Å². The molecule has 0 spiro atoms. The molecule has 2 saturated heterocycles. The van der Waals surface area contributed by atoms with Crippen molar-refractivity contribution in [2.45, 2.75) is 43.6 Å². The predicted molar refractivity (Wildman–Crippen MR) is 54.4 cm³/mol. The number of nitrogens with zero attached hydrogens (tertiary/aromatic N) is 1. The molecule has 0 bridgehead atoms. The Hall–Kier alpha value is -0.220. The second kappa shape index (κ2) is 3.50. The van der Waals surface area contributed by atoms with E-state index in [-0.39, 0.29) is 11.9 Å². The number of hydrogen-bond donors (Lipinski definition) is 1. The number of hydrogen-bond acceptors (Lipinski definition) is 3. The highest BCUT2D eigenvalue weighted by Crippen LogP contribution is 2.34. The second-order valence-electron chi connectivity index (χ2n) is 3.89. The summed E-state index contributed by atoms with van der Waals surface area (Å²) in [6.07, 6.45) is 3.11. The molecule has 3 unspecified atom stereocenters. The van der Waals surface area contributed by atoms with Gasteiger partial charge in [0.25, 0.3) is 0 Å². The maximum Gasteiger partial charge on any atom is 0.240 e. The number of carbonyl (C=O) groups is 1. The zero-order chi connectivity index (χ0) is 9.42. The first kappa shape index (κ1) is 9.34. The van der Waals surface area contributed by atoms with E-state index in [1.54, 1.807) is 0 Å². The molecular formula is C9H16N2OS. The van der Waals surface area contributed by atoms with Gasteiger partial charge < -0.3 is 10.6 Å². The highest BCUT2D eigenvalue weighted by atomic mass is 32.2. The van der Waals surface area contributed by atoms with Crippen LogP contribution >= 0.6 is 11.8 Å². The van der Waals surface area contributed by atoms with E-state index in [1.807, 2.05) is 16.7 Å². The van der Waals surface area contributed by atoms with Crippen LogP contribution in [0.5, 0.6) is 0 Å². The van der Waals surface area contributed by atoms with E-state index in [0.717, 1.165) is 25.0 Å². The summed E-state index contributed by atoms with van der Waals surface area (Å²) in [4.78, 5) is 13.8. The van der Waals surface area contributed by atoms with Crippen LogP contribution < -0.4 is 5.73 Å². The Kier molecular flexibility index (Phi) is 2.51. The Bertz CT molecular complexity index is 222. The lowest BCUT2D eigenvalue weighted by molar-refractivity contribution is -0.133. The number of rotatable bonds is 0. The average Bonchev–Trinajstić information content (AvgIpc) is 2.39. The molecule has 0 saturated carbocycles. The van der Waals surface area contributed by atoms with Gasteiger partial charge >= 0.3 is 0 Å². The number of amides is 1. The molecule has 2 fully saturated rings. The molecule has 74 valence electrons. The third kappa shape index (κ3) is 1.57. The van der Waals surface area contributed by atoms with Crippen LogP contribution in [0.4, 0.5) is 0 Å². The molecule has 0 aromatic carbocycles. The molecule has 0 radical (unpaired) electrons. The summed E-state index contributed by atoms with van der Waals surface area (Å²) in [6.45, 7) is 2.12. The first-order valence-electron chi connectivity index (χ1n) is 4.89. The third-order valence-electron chi connectivity index (χ3n) is 2.93. The Labute approximate surface area is 83.0 Å². The Balaban J connectivity index is 2.18. The van der Waals surface area contributed by atoms with Crippen molar-refractivity contribution >= 4 is 17.7 Å². The molecule has 3 atom stereocenters. The molecule has 2 aliphatic rings. The van der Waals surface area contributed by atoms with E-state index < -0.39 is 0 Å². The van der Waals surface area contributed by atoms with E-state index in [1.165, 1.54) is 0 Å². The maximum absolute atomic E-state index is 11.8. The minimum absolute atomic E-state index is 0.167. The summed E-state index contributed by atoms with van der Waals surface area (Å²) in [6, 6.07) is 0.146. The summed E-state index contributed by atoms with van der Waals surface area (Å²) >= 11 is 1.89. The average molecular weight is 200 g/mol. The molecule has 4 heteroatoms. The van der Waals surface area contributed by atoms with Gasteiger partial charge in [0.1, 0.15) is 0 Å². The summed E-state index contributed by atoms with van der Waals surface area (Å²) in [5, 5.41) is 0.413. The van der Waals surface area contributed by atoms with Gasteiger partial charge in [0.2, 0.25) is 5.91 Å². The summed E-state index contributed by atoms with van der Waals surface area (Å²) in [5.74, 6) is 1.20. The van der Waals surface area contributed by atoms with Crippen LogP contribution in [0.2, 0.25) is 0 Å². The smallest absolute Gasteiger partial charge is 0.240 e.